The van der Waals surface area contributed by atoms with Crippen LogP contribution in [-0.4, -0.2) is 37.0 Å². The summed E-state index contributed by atoms with van der Waals surface area (Å²) in [5.74, 6) is 1.30. The summed E-state index contributed by atoms with van der Waals surface area (Å²) in [5, 5.41) is 3.15. The molecule has 1 N–H and O–H groups in total. The van der Waals surface area contributed by atoms with E-state index in [2.05, 4.69) is 10.2 Å². The first-order valence-corrected chi connectivity index (χ1v) is 9.19. The van der Waals surface area contributed by atoms with Gasteiger partial charge in [0.1, 0.15) is 11.5 Å². The Morgan fingerprint density at radius 1 is 0.960 bits per heavy atom. The lowest BCUT2D eigenvalue weighted by Gasteiger charge is -2.29. The second-order valence-electron chi connectivity index (χ2n) is 6.80. The number of fused-ring (bicyclic) bond motifs is 2. The van der Waals surface area contributed by atoms with Crippen LogP contribution in [0.4, 0.5) is 0 Å². The zero-order chi connectivity index (χ0) is 17.1. The lowest BCUT2D eigenvalue weighted by atomic mass is 9.87. The number of para-hydroxylation sites is 2. The molecule has 2 aliphatic rings. The van der Waals surface area contributed by atoms with Crippen molar-refractivity contribution < 1.29 is 9.53 Å². The highest BCUT2D eigenvalue weighted by atomic mass is 16.5. The van der Waals surface area contributed by atoms with Crippen molar-refractivity contribution in [3.63, 3.8) is 0 Å². The van der Waals surface area contributed by atoms with Gasteiger partial charge in [-0.2, -0.15) is 0 Å². The van der Waals surface area contributed by atoms with E-state index in [0.717, 1.165) is 42.3 Å². The van der Waals surface area contributed by atoms with Crippen molar-refractivity contribution in [2.45, 2.75) is 25.2 Å². The Labute approximate surface area is 148 Å². The summed E-state index contributed by atoms with van der Waals surface area (Å²) in [6.45, 7) is 3.93. The topological polar surface area (TPSA) is 41.6 Å². The van der Waals surface area contributed by atoms with Crippen molar-refractivity contribution >= 4 is 5.91 Å². The molecule has 2 aliphatic heterocycles. The molecular formula is C21H24N2O2. The SMILES string of the molecule is O=C(NCCN1CCCCC1)C1c2ccccc2Oc2ccccc21. The van der Waals surface area contributed by atoms with Crippen LogP contribution >= 0.6 is 0 Å². The fourth-order valence-corrected chi connectivity index (χ4v) is 3.81. The highest BCUT2D eigenvalue weighted by Crippen LogP contribution is 2.43. The second kappa shape index (κ2) is 7.28. The molecule has 0 aliphatic carbocycles. The van der Waals surface area contributed by atoms with Crippen molar-refractivity contribution in [2.75, 3.05) is 26.2 Å². The number of rotatable bonds is 4. The van der Waals surface area contributed by atoms with Crippen LogP contribution in [0.25, 0.3) is 0 Å². The van der Waals surface area contributed by atoms with E-state index >= 15 is 0 Å². The maximum Gasteiger partial charge on any atom is 0.232 e. The molecule has 1 amide bonds. The first-order chi connectivity index (χ1) is 12.3. The Hall–Kier alpha value is -2.33. The van der Waals surface area contributed by atoms with Crippen LogP contribution in [0.1, 0.15) is 36.3 Å². The van der Waals surface area contributed by atoms with Crippen molar-refractivity contribution in [3.05, 3.63) is 59.7 Å². The maximum atomic E-state index is 13.0. The van der Waals surface area contributed by atoms with Gasteiger partial charge in [0, 0.05) is 24.2 Å². The smallest absolute Gasteiger partial charge is 0.232 e. The quantitative estimate of drug-likeness (QED) is 0.929. The fraction of sp³-hybridized carbons (Fsp3) is 0.381. The zero-order valence-corrected chi connectivity index (χ0v) is 14.4. The van der Waals surface area contributed by atoms with Crippen LogP contribution in [0.3, 0.4) is 0 Å². The average Bonchev–Trinajstić information content (AvgIpc) is 2.66. The molecule has 0 aromatic heterocycles. The van der Waals surface area contributed by atoms with E-state index in [-0.39, 0.29) is 11.8 Å². The number of nitrogens with one attached hydrogen (secondary N) is 1. The minimum absolute atomic E-state index is 0.0557. The minimum atomic E-state index is -0.303. The molecule has 4 nitrogen and oxygen atoms in total. The molecule has 0 atom stereocenters. The number of likely N-dealkylation sites (tertiary alicyclic amines) is 1. The highest BCUT2D eigenvalue weighted by molar-refractivity contribution is 5.89. The molecule has 1 fully saturated rings. The molecule has 0 radical (unpaired) electrons. The third-order valence-corrected chi connectivity index (χ3v) is 5.12. The molecule has 0 unspecified atom stereocenters. The van der Waals surface area contributed by atoms with Gasteiger partial charge in [0.25, 0.3) is 0 Å². The molecular weight excluding hydrogens is 312 g/mol. The number of carbonyl (C=O) groups excluding carboxylic acids is 1. The standard InChI is InChI=1S/C21H24N2O2/c24-21(22-12-15-23-13-6-1-7-14-23)20-16-8-2-4-10-18(16)25-19-11-5-3-9-17(19)20/h2-5,8-11,20H,1,6-7,12-15H2,(H,22,24). The molecule has 2 aromatic rings. The number of benzene rings is 2. The van der Waals surface area contributed by atoms with Crippen LogP contribution < -0.4 is 10.1 Å². The monoisotopic (exact) mass is 336 g/mol. The van der Waals surface area contributed by atoms with Crippen molar-refractivity contribution in [1.82, 2.24) is 10.2 Å². The van der Waals surface area contributed by atoms with E-state index < -0.39 is 0 Å². The van der Waals surface area contributed by atoms with Crippen LogP contribution in [0.2, 0.25) is 0 Å². The van der Waals surface area contributed by atoms with E-state index in [9.17, 15) is 4.79 Å². The molecule has 25 heavy (non-hydrogen) atoms. The summed E-state index contributed by atoms with van der Waals surface area (Å²) in [6, 6.07) is 15.6. The van der Waals surface area contributed by atoms with Gasteiger partial charge < -0.3 is 15.0 Å². The largest absolute Gasteiger partial charge is 0.457 e. The number of nitrogens with zero attached hydrogens (tertiary/aromatic N) is 1. The predicted molar refractivity (Wildman–Crippen MR) is 98.1 cm³/mol. The van der Waals surface area contributed by atoms with Crippen LogP contribution in [0.15, 0.2) is 48.5 Å². The van der Waals surface area contributed by atoms with Gasteiger partial charge in [-0.25, -0.2) is 0 Å². The van der Waals surface area contributed by atoms with Gasteiger partial charge in [-0.05, 0) is 38.1 Å². The number of amides is 1. The van der Waals surface area contributed by atoms with E-state index in [0.29, 0.717) is 6.54 Å². The summed E-state index contributed by atoms with van der Waals surface area (Å²) in [6.07, 6.45) is 3.88. The summed E-state index contributed by atoms with van der Waals surface area (Å²) >= 11 is 0. The summed E-state index contributed by atoms with van der Waals surface area (Å²) < 4.78 is 5.97. The van der Waals surface area contributed by atoms with Gasteiger partial charge in [0.15, 0.2) is 0 Å². The summed E-state index contributed by atoms with van der Waals surface area (Å²) in [7, 11) is 0. The molecule has 0 bridgehead atoms. The van der Waals surface area contributed by atoms with E-state index in [1.165, 1.54) is 19.3 Å². The Morgan fingerprint density at radius 3 is 2.20 bits per heavy atom. The number of carbonyl (C=O) groups is 1. The van der Waals surface area contributed by atoms with Gasteiger partial charge in [-0.1, -0.05) is 42.8 Å². The van der Waals surface area contributed by atoms with Gasteiger partial charge in [-0.15, -0.1) is 0 Å². The number of hydrogen-bond acceptors (Lipinski definition) is 3. The van der Waals surface area contributed by atoms with Crippen molar-refractivity contribution in [2.24, 2.45) is 0 Å². The van der Waals surface area contributed by atoms with Gasteiger partial charge in [0.2, 0.25) is 5.91 Å². The highest BCUT2D eigenvalue weighted by Gasteiger charge is 2.32. The lowest BCUT2D eigenvalue weighted by molar-refractivity contribution is -0.121. The number of piperidine rings is 1. The summed E-state index contributed by atoms with van der Waals surface area (Å²) in [5.41, 5.74) is 1.88. The number of hydrogen-bond donors (Lipinski definition) is 1. The van der Waals surface area contributed by atoms with Gasteiger partial charge in [0.05, 0.1) is 5.92 Å². The van der Waals surface area contributed by atoms with Crippen LogP contribution in [0, 0.1) is 0 Å². The molecule has 2 heterocycles. The van der Waals surface area contributed by atoms with E-state index in [4.69, 9.17) is 4.74 Å². The average molecular weight is 336 g/mol. The van der Waals surface area contributed by atoms with Crippen molar-refractivity contribution in [3.8, 4) is 11.5 Å². The van der Waals surface area contributed by atoms with E-state index in [1.807, 2.05) is 48.5 Å². The van der Waals surface area contributed by atoms with Gasteiger partial charge >= 0.3 is 0 Å². The van der Waals surface area contributed by atoms with Crippen molar-refractivity contribution in [1.29, 1.82) is 0 Å². The third kappa shape index (κ3) is 3.40. The lowest BCUT2D eigenvalue weighted by Crippen LogP contribution is -2.39. The zero-order valence-electron chi connectivity index (χ0n) is 14.4. The Balaban J connectivity index is 1.49. The van der Waals surface area contributed by atoms with Gasteiger partial charge in [-0.3, -0.25) is 4.79 Å². The molecule has 0 saturated carbocycles. The Morgan fingerprint density at radius 2 is 1.56 bits per heavy atom. The predicted octanol–water partition coefficient (Wildman–Crippen LogP) is 3.53. The third-order valence-electron chi connectivity index (χ3n) is 5.12. The fourth-order valence-electron chi connectivity index (χ4n) is 3.81. The molecule has 4 rings (SSSR count). The first kappa shape index (κ1) is 16.2. The first-order valence-electron chi connectivity index (χ1n) is 9.19. The summed E-state index contributed by atoms with van der Waals surface area (Å²) in [4.78, 5) is 15.4. The molecule has 0 spiro atoms. The normalized spacial score (nSPS) is 17.3. The second-order valence-corrected chi connectivity index (χ2v) is 6.80. The molecule has 130 valence electrons. The maximum absolute atomic E-state index is 13.0. The van der Waals surface area contributed by atoms with Crippen LogP contribution in [0.5, 0.6) is 11.5 Å². The Kier molecular flexibility index (Phi) is 4.70. The molecule has 1 saturated heterocycles. The Bertz CT molecular complexity index is 708. The van der Waals surface area contributed by atoms with Crippen LogP contribution in [-0.2, 0) is 4.79 Å². The van der Waals surface area contributed by atoms with E-state index in [1.54, 1.807) is 0 Å². The minimum Gasteiger partial charge on any atom is -0.457 e. The number of ether oxygens (including phenoxy) is 1. The molecule has 2 aromatic carbocycles. The molecule has 4 heteroatoms.